The Hall–Kier alpha value is -1.63. The van der Waals surface area contributed by atoms with Gasteiger partial charge in [-0.1, -0.05) is 25.6 Å². The smallest absolute Gasteiger partial charge is 0.407 e. The van der Waals surface area contributed by atoms with E-state index >= 15 is 0 Å². The molecule has 12 nitrogen and oxygen atoms in total. The van der Waals surface area contributed by atoms with Gasteiger partial charge < -0.3 is 23.8 Å². The van der Waals surface area contributed by atoms with E-state index in [1.165, 1.54) is 16.8 Å². The molecule has 1 aromatic rings. The molecule has 1 amide bonds. The summed E-state index contributed by atoms with van der Waals surface area (Å²) in [5, 5.41) is 2.38. The van der Waals surface area contributed by atoms with Crippen LogP contribution >= 0.6 is 31.0 Å². The fraction of sp³-hybridized carbons (Fsp3) is 0.714. The van der Waals surface area contributed by atoms with E-state index in [1.54, 1.807) is 27.7 Å². The number of hydrogen-bond donors (Lipinski definition) is 2. The van der Waals surface area contributed by atoms with Crippen molar-refractivity contribution in [1.82, 2.24) is 14.9 Å². The Morgan fingerprint density at radius 1 is 1.42 bits per heavy atom. The Kier molecular flexibility index (Phi) is 9.17. The molecule has 0 saturated carbocycles. The van der Waals surface area contributed by atoms with Gasteiger partial charge in [0.05, 0.1) is 42.4 Å². The van der Waals surface area contributed by atoms with Gasteiger partial charge in [0.2, 0.25) is 0 Å². The molecular formula is C21H31ClN3O9PS. The van der Waals surface area contributed by atoms with Gasteiger partial charge in [0.1, 0.15) is 0 Å². The summed E-state index contributed by atoms with van der Waals surface area (Å²) in [5.74, 6) is -0.225. The first kappa shape index (κ1) is 28.9. The largest absolute Gasteiger partial charge is 0.450 e. The van der Waals surface area contributed by atoms with Gasteiger partial charge in [-0.3, -0.25) is 23.7 Å². The minimum absolute atomic E-state index is 0.00484. The number of fused-ring (bicyclic) bond motifs is 1. The molecule has 1 aromatic heterocycles. The zero-order chi connectivity index (χ0) is 26.7. The van der Waals surface area contributed by atoms with Gasteiger partial charge in [-0.2, -0.15) is 0 Å². The number of halogens is 1. The number of ether oxygens (including phenoxy) is 2. The van der Waals surface area contributed by atoms with Gasteiger partial charge in [0.25, 0.3) is 5.56 Å². The maximum atomic E-state index is 13.3. The Morgan fingerprint density at radius 2 is 2.14 bits per heavy atom. The van der Waals surface area contributed by atoms with Crippen LogP contribution in [0.1, 0.15) is 33.9 Å². The van der Waals surface area contributed by atoms with Gasteiger partial charge >= 0.3 is 19.4 Å². The summed E-state index contributed by atoms with van der Waals surface area (Å²) in [6, 6.07) is 1.19. The molecule has 36 heavy (non-hydrogen) atoms. The Morgan fingerprint density at radius 3 is 2.81 bits per heavy atom. The SMILES string of the molecule is CCOC(=O)NCC(C)(C)C(=O)SCCOP1(=O)C[C@@H]2[C@@H](CO1)O[C@@H](n1ccc(=O)[nH]c1=O)[C@]2(C)Cl. The highest BCUT2D eigenvalue weighted by Crippen LogP contribution is 2.60. The lowest BCUT2D eigenvalue weighted by atomic mass is 9.91. The van der Waals surface area contributed by atoms with E-state index in [9.17, 15) is 23.7 Å². The third-order valence-electron chi connectivity index (χ3n) is 6.03. The number of aromatic nitrogens is 2. The molecule has 3 rings (SSSR count). The summed E-state index contributed by atoms with van der Waals surface area (Å²) in [6.45, 7) is 7.06. The Labute approximate surface area is 217 Å². The van der Waals surface area contributed by atoms with Crippen molar-refractivity contribution in [3.05, 3.63) is 33.1 Å². The van der Waals surface area contributed by atoms with Gasteiger partial charge in [0.15, 0.2) is 11.3 Å². The maximum absolute atomic E-state index is 13.3. The number of thioether (sulfide) groups is 1. The highest BCUT2D eigenvalue weighted by atomic mass is 35.5. The lowest BCUT2D eigenvalue weighted by Gasteiger charge is -2.35. The molecule has 2 aliphatic heterocycles. The normalized spacial score (nSPS) is 30.0. The summed E-state index contributed by atoms with van der Waals surface area (Å²) in [4.78, 5) is 48.7. The van der Waals surface area contributed by atoms with E-state index < -0.39 is 53.5 Å². The highest BCUT2D eigenvalue weighted by Gasteiger charge is 2.58. The molecule has 15 heteroatoms. The van der Waals surface area contributed by atoms with Crippen LogP contribution in [0, 0.1) is 11.3 Å². The van der Waals surface area contributed by atoms with E-state index in [4.69, 9.17) is 30.1 Å². The fourth-order valence-corrected chi connectivity index (χ4v) is 7.51. The molecule has 2 fully saturated rings. The summed E-state index contributed by atoms with van der Waals surface area (Å²) >= 11 is 7.81. The summed E-state index contributed by atoms with van der Waals surface area (Å²) in [6.07, 6.45) is -0.746. The van der Waals surface area contributed by atoms with Gasteiger partial charge in [-0.15, -0.1) is 11.6 Å². The minimum atomic E-state index is -3.54. The van der Waals surface area contributed by atoms with Crippen LogP contribution in [0.25, 0.3) is 0 Å². The number of nitrogens with zero attached hydrogens (tertiary/aromatic N) is 1. The maximum Gasteiger partial charge on any atom is 0.407 e. The highest BCUT2D eigenvalue weighted by molar-refractivity contribution is 8.13. The molecule has 0 spiro atoms. The molecule has 0 aromatic carbocycles. The van der Waals surface area contributed by atoms with Crippen molar-refractivity contribution in [3.63, 3.8) is 0 Å². The average molecular weight is 568 g/mol. The third-order valence-corrected chi connectivity index (χ3v) is 9.64. The summed E-state index contributed by atoms with van der Waals surface area (Å²) in [5.41, 5.74) is -2.05. The molecule has 5 atom stereocenters. The molecule has 2 aliphatic rings. The Balaban J connectivity index is 1.53. The predicted octanol–water partition coefficient (Wildman–Crippen LogP) is 2.32. The number of hydrogen-bond acceptors (Lipinski definition) is 10. The van der Waals surface area contributed by atoms with Crippen molar-refractivity contribution in [2.75, 3.05) is 38.3 Å². The van der Waals surface area contributed by atoms with Crippen molar-refractivity contribution < 1.29 is 32.7 Å². The number of carbonyl (C=O) groups is 2. The van der Waals surface area contributed by atoms with Crippen LogP contribution < -0.4 is 16.6 Å². The fourth-order valence-electron chi connectivity index (χ4n) is 3.97. The first-order chi connectivity index (χ1) is 16.8. The van der Waals surface area contributed by atoms with Crippen molar-refractivity contribution >= 4 is 42.2 Å². The first-order valence-corrected chi connectivity index (χ1v) is 14.5. The molecule has 2 saturated heterocycles. The molecule has 0 radical (unpaired) electrons. The Bertz CT molecular complexity index is 1140. The average Bonchev–Trinajstić information content (AvgIpc) is 3.05. The number of rotatable bonds is 9. The van der Waals surface area contributed by atoms with E-state index in [2.05, 4.69) is 10.3 Å². The van der Waals surface area contributed by atoms with Crippen LogP contribution in [-0.2, 0) is 27.9 Å². The van der Waals surface area contributed by atoms with Crippen LogP contribution in [0.5, 0.6) is 0 Å². The van der Waals surface area contributed by atoms with Crippen LogP contribution in [0.2, 0.25) is 0 Å². The van der Waals surface area contributed by atoms with Crippen molar-refractivity contribution in [1.29, 1.82) is 0 Å². The standard InChI is InChI=1S/C21H31ClN3O9PS/c1-5-31-19(29)23-12-20(2,3)17(27)36-9-8-32-35(30)11-13-14(10-33-35)34-16(21(13,4)22)25-7-6-15(26)24-18(25)28/h6-7,13-14,16H,5,8-12H2,1-4H3,(H,23,29)(H,24,26,28)/t13-,14-,16-,21-,35?/m1/s1. The molecule has 202 valence electrons. The van der Waals surface area contributed by atoms with E-state index in [1.807, 2.05) is 0 Å². The van der Waals surface area contributed by atoms with Gasteiger partial charge in [-0.25, -0.2) is 9.59 Å². The second kappa shape index (κ2) is 11.4. The molecule has 1 unspecified atom stereocenters. The number of alkyl halides is 1. The molecule has 0 bridgehead atoms. The number of nitrogens with one attached hydrogen (secondary N) is 2. The number of H-pyrrole nitrogens is 1. The van der Waals surface area contributed by atoms with Crippen LogP contribution in [-0.4, -0.2) is 70.0 Å². The second-order valence-electron chi connectivity index (χ2n) is 9.32. The van der Waals surface area contributed by atoms with Crippen molar-refractivity contribution in [3.8, 4) is 0 Å². The minimum Gasteiger partial charge on any atom is -0.450 e. The second-order valence-corrected chi connectivity index (χ2v) is 13.3. The van der Waals surface area contributed by atoms with E-state index in [0.717, 1.165) is 11.8 Å². The molecular weight excluding hydrogens is 537 g/mol. The zero-order valence-electron chi connectivity index (χ0n) is 20.5. The van der Waals surface area contributed by atoms with E-state index in [-0.39, 0.29) is 43.4 Å². The molecule has 3 heterocycles. The topological polar surface area (TPSA) is 155 Å². The van der Waals surface area contributed by atoms with Gasteiger partial charge in [-0.05, 0) is 13.8 Å². The summed E-state index contributed by atoms with van der Waals surface area (Å²) in [7, 11) is -3.54. The van der Waals surface area contributed by atoms with Crippen LogP contribution in [0.15, 0.2) is 21.9 Å². The number of carbonyl (C=O) groups excluding carboxylic acids is 2. The molecule has 0 aliphatic carbocycles. The first-order valence-electron chi connectivity index (χ1n) is 11.4. The van der Waals surface area contributed by atoms with E-state index in [0.29, 0.717) is 0 Å². The lowest BCUT2D eigenvalue weighted by Crippen LogP contribution is -2.42. The monoisotopic (exact) mass is 567 g/mol. The van der Waals surface area contributed by atoms with Crippen LogP contribution in [0.4, 0.5) is 4.79 Å². The predicted molar refractivity (Wildman–Crippen MR) is 134 cm³/mol. The quantitative estimate of drug-likeness (QED) is 0.258. The van der Waals surface area contributed by atoms with Crippen LogP contribution in [0.3, 0.4) is 0 Å². The summed E-state index contributed by atoms with van der Waals surface area (Å²) < 4.78 is 36.3. The lowest BCUT2D eigenvalue weighted by molar-refractivity contribution is -0.117. The van der Waals surface area contributed by atoms with Gasteiger partial charge in [0, 0.05) is 30.5 Å². The third kappa shape index (κ3) is 6.62. The van der Waals surface area contributed by atoms with Crippen molar-refractivity contribution in [2.24, 2.45) is 11.3 Å². The molecule has 2 N–H and O–H groups in total. The van der Waals surface area contributed by atoms with Crippen molar-refractivity contribution in [2.45, 2.75) is 44.9 Å². The number of aromatic amines is 1. The number of amides is 1. The number of alkyl carbamates (subject to hydrolysis) is 1. The zero-order valence-corrected chi connectivity index (χ0v) is 23.0.